The van der Waals surface area contributed by atoms with Gasteiger partial charge in [-0.05, 0) is 42.3 Å². The average Bonchev–Trinajstić information content (AvgIpc) is 2.38. The highest BCUT2D eigenvalue weighted by Crippen LogP contribution is 2.13. The molecule has 0 aromatic heterocycles. The number of aryl methyl sites for hydroxylation is 1. The van der Waals surface area contributed by atoms with E-state index in [0.29, 0.717) is 5.56 Å². The number of nitrogens with zero attached hydrogens (tertiary/aromatic N) is 1. The van der Waals surface area contributed by atoms with Gasteiger partial charge in [0.1, 0.15) is 0 Å². The van der Waals surface area contributed by atoms with Gasteiger partial charge in [-0.25, -0.2) is 0 Å². The van der Waals surface area contributed by atoms with Gasteiger partial charge < -0.3 is 5.32 Å². The normalized spacial score (nSPS) is 9.65. The number of nitriles is 1. The van der Waals surface area contributed by atoms with Gasteiger partial charge in [-0.1, -0.05) is 24.3 Å². The molecule has 2 heteroatoms. The molecule has 2 aromatic rings. The quantitative estimate of drug-likeness (QED) is 0.863. The summed E-state index contributed by atoms with van der Waals surface area (Å²) in [4.78, 5) is 0. The van der Waals surface area contributed by atoms with Crippen LogP contribution in [0.3, 0.4) is 0 Å². The lowest BCUT2D eigenvalue weighted by atomic mass is 10.1. The molecule has 0 fully saturated rings. The summed E-state index contributed by atoms with van der Waals surface area (Å²) >= 11 is 0. The summed E-state index contributed by atoms with van der Waals surface area (Å²) in [6, 6.07) is 18.0. The third-order valence-corrected chi connectivity index (χ3v) is 2.73. The summed E-state index contributed by atoms with van der Waals surface area (Å²) in [5, 5.41) is 12.2. The van der Waals surface area contributed by atoms with Gasteiger partial charge in [0.25, 0.3) is 0 Å². The highest BCUT2D eigenvalue weighted by molar-refractivity contribution is 5.45. The molecule has 0 aliphatic carbocycles. The van der Waals surface area contributed by atoms with Gasteiger partial charge in [-0.2, -0.15) is 5.26 Å². The molecule has 0 heterocycles. The molecule has 84 valence electrons. The predicted molar refractivity (Wildman–Crippen MR) is 69.7 cm³/mol. The SMILES string of the molecule is Cc1cc(C#N)ccc1CNc1ccccc1. The highest BCUT2D eigenvalue weighted by atomic mass is 14.9. The Bertz CT molecular complexity index is 539. The van der Waals surface area contributed by atoms with Crippen LogP contribution in [0.25, 0.3) is 0 Å². The monoisotopic (exact) mass is 222 g/mol. The number of anilines is 1. The number of para-hydroxylation sites is 1. The van der Waals surface area contributed by atoms with Crippen molar-refractivity contribution in [1.29, 1.82) is 5.26 Å². The molecule has 0 unspecified atom stereocenters. The molecule has 0 saturated heterocycles. The number of rotatable bonds is 3. The zero-order valence-electron chi connectivity index (χ0n) is 9.77. The second-order valence-electron chi connectivity index (χ2n) is 3.97. The minimum atomic E-state index is 0.714. The van der Waals surface area contributed by atoms with Crippen LogP contribution in [0.4, 0.5) is 5.69 Å². The zero-order chi connectivity index (χ0) is 12.1. The minimum absolute atomic E-state index is 0.714. The second kappa shape index (κ2) is 5.18. The molecule has 17 heavy (non-hydrogen) atoms. The predicted octanol–water partition coefficient (Wildman–Crippen LogP) is 3.48. The molecule has 0 saturated carbocycles. The topological polar surface area (TPSA) is 35.8 Å². The molecule has 2 nitrogen and oxygen atoms in total. The number of hydrogen-bond acceptors (Lipinski definition) is 2. The summed E-state index contributed by atoms with van der Waals surface area (Å²) in [5.74, 6) is 0. The van der Waals surface area contributed by atoms with Crippen molar-refractivity contribution < 1.29 is 0 Å². The molecule has 0 atom stereocenters. The number of nitrogens with one attached hydrogen (secondary N) is 1. The van der Waals surface area contributed by atoms with Crippen LogP contribution in [0.5, 0.6) is 0 Å². The fourth-order valence-corrected chi connectivity index (χ4v) is 1.72. The molecular weight excluding hydrogens is 208 g/mol. The first kappa shape index (κ1) is 11.2. The summed E-state index contributed by atoms with van der Waals surface area (Å²) in [6.07, 6.45) is 0. The largest absolute Gasteiger partial charge is 0.381 e. The van der Waals surface area contributed by atoms with Crippen molar-refractivity contribution in [1.82, 2.24) is 0 Å². The Balaban J connectivity index is 2.08. The zero-order valence-corrected chi connectivity index (χ0v) is 9.77. The van der Waals surface area contributed by atoms with Gasteiger partial charge in [0.2, 0.25) is 0 Å². The van der Waals surface area contributed by atoms with Crippen molar-refractivity contribution in [3.05, 3.63) is 65.2 Å². The van der Waals surface area contributed by atoms with Crippen LogP contribution in [-0.2, 0) is 6.54 Å². The second-order valence-corrected chi connectivity index (χ2v) is 3.97. The smallest absolute Gasteiger partial charge is 0.0991 e. The Morgan fingerprint density at radius 1 is 1.12 bits per heavy atom. The van der Waals surface area contributed by atoms with E-state index in [1.807, 2.05) is 55.5 Å². The van der Waals surface area contributed by atoms with Gasteiger partial charge >= 0.3 is 0 Å². The van der Waals surface area contributed by atoms with Gasteiger partial charge in [-0.3, -0.25) is 0 Å². The van der Waals surface area contributed by atoms with E-state index in [9.17, 15) is 0 Å². The van der Waals surface area contributed by atoms with Crippen molar-refractivity contribution in [2.75, 3.05) is 5.32 Å². The molecule has 0 radical (unpaired) electrons. The van der Waals surface area contributed by atoms with E-state index >= 15 is 0 Å². The standard InChI is InChI=1S/C15H14N2/c1-12-9-13(10-16)7-8-14(12)11-17-15-5-3-2-4-6-15/h2-9,17H,11H2,1H3. The first-order valence-electron chi connectivity index (χ1n) is 5.58. The van der Waals surface area contributed by atoms with E-state index in [1.54, 1.807) is 0 Å². The molecule has 2 rings (SSSR count). The van der Waals surface area contributed by atoms with Crippen molar-refractivity contribution in [3.8, 4) is 6.07 Å². The first-order valence-corrected chi connectivity index (χ1v) is 5.58. The van der Waals surface area contributed by atoms with Crippen molar-refractivity contribution in [2.24, 2.45) is 0 Å². The molecule has 1 N–H and O–H groups in total. The Morgan fingerprint density at radius 2 is 1.88 bits per heavy atom. The summed E-state index contributed by atoms with van der Waals surface area (Å²) in [6.45, 7) is 2.81. The van der Waals surface area contributed by atoms with Crippen LogP contribution < -0.4 is 5.32 Å². The average molecular weight is 222 g/mol. The number of benzene rings is 2. The lowest BCUT2D eigenvalue weighted by Crippen LogP contribution is -2.01. The lowest BCUT2D eigenvalue weighted by Gasteiger charge is -2.09. The highest BCUT2D eigenvalue weighted by Gasteiger charge is 1.99. The molecule has 0 aliphatic heterocycles. The van der Waals surface area contributed by atoms with Crippen LogP contribution in [0.1, 0.15) is 16.7 Å². The van der Waals surface area contributed by atoms with Crippen molar-refractivity contribution in [3.63, 3.8) is 0 Å². The van der Waals surface area contributed by atoms with Crippen LogP contribution in [0.2, 0.25) is 0 Å². The molecule has 0 bridgehead atoms. The maximum absolute atomic E-state index is 8.80. The van der Waals surface area contributed by atoms with Crippen LogP contribution in [0, 0.1) is 18.3 Å². The van der Waals surface area contributed by atoms with E-state index < -0.39 is 0 Å². The van der Waals surface area contributed by atoms with E-state index in [0.717, 1.165) is 17.8 Å². The summed E-state index contributed by atoms with van der Waals surface area (Å²) in [7, 11) is 0. The van der Waals surface area contributed by atoms with Crippen LogP contribution in [-0.4, -0.2) is 0 Å². The van der Waals surface area contributed by atoms with Crippen molar-refractivity contribution >= 4 is 5.69 Å². The Hall–Kier alpha value is -2.27. The van der Waals surface area contributed by atoms with Gasteiger partial charge in [-0.15, -0.1) is 0 Å². The first-order chi connectivity index (χ1) is 8.29. The molecular formula is C15H14N2. The Kier molecular flexibility index (Phi) is 3.42. The lowest BCUT2D eigenvalue weighted by molar-refractivity contribution is 1.12. The van der Waals surface area contributed by atoms with E-state index in [2.05, 4.69) is 11.4 Å². The Labute approximate surface area is 102 Å². The maximum Gasteiger partial charge on any atom is 0.0991 e. The van der Waals surface area contributed by atoms with E-state index in [1.165, 1.54) is 5.56 Å². The summed E-state index contributed by atoms with van der Waals surface area (Å²) < 4.78 is 0. The van der Waals surface area contributed by atoms with Crippen LogP contribution in [0.15, 0.2) is 48.5 Å². The fourth-order valence-electron chi connectivity index (χ4n) is 1.72. The van der Waals surface area contributed by atoms with Gasteiger partial charge in [0.15, 0.2) is 0 Å². The van der Waals surface area contributed by atoms with Crippen molar-refractivity contribution in [2.45, 2.75) is 13.5 Å². The third kappa shape index (κ3) is 2.85. The van der Waals surface area contributed by atoms with Crippen LogP contribution >= 0.6 is 0 Å². The van der Waals surface area contributed by atoms with E-state index in [-0.39, 0.29) is 0 Å². The summed E-state index contributed by atoms with van der Waals surface area (Å²) in [5.41, 5.74) is 4.18. The fraction of sp³-hybridized carbons (Fsp3) is 0.133. The molecule has 2 aromatic carbocycles. The minimum Gasteiger partial charge on any atom is -0.381 e. The molecule has 0 amide bonds. The Morgan fingerprint density at radius 3 is 2.53 bits per heavy atom. The molecule has 0 spiro atoms. The van der Waals surface area contributed by atoms with Gasteiger partial charge in [0.05, 0.1) is 11.6 Å². The van der Waals surface area contributed by atoms with E-state index in [4.69, 9.17) is 5.26 Å². The number of hydrogen-bond donors (Lipinski definition) is 1. The maximum atomic E-state index is 8.80. The van der Waals surface area contributed by atoms with Gasteiger partial charge in [0, 0.05) is 12.2 Å². The molecule has 0 aliphatic rings. The third-order valence-electron chi connectivity index (χ3n) is 2.73.